The fourth-order valence-electron chi connectivity index (χ4n) is 2.98. The van der Waals surface area contributed by atoms with Gasteiger partial charge in [0.15, 0.2) is 0 Å². The van der Waals surface area contributed by atoms with Gasteiger partial charge in [-0.15, -0.1) is 0 Å². The molecule has 1 heterocycles. The van der Waals surface area contributed by atoms with E-state index < -0.39 is 5.91 Å². The van der Waals surface area contributed by atoms with Crippen molar-refractivity contribution in [1.82, 2.24) is 4.98 Å². The Morgan fingerprint density at radius 3 is 2.32 bits per heavy atom. The molecular weight excluding hydrogens is 312 g/mol. The summed E-state index contributed by atoms with van der Waals surface area (Å²) in [5.41, 5.74) is 10.8. The van der Waals surface area contributed by atoms with Crippen molar-refractivity contribution in [3.63, 3.8) is 0 Å². The van der Waals surface area contributed by atoms with Crippen molar-refractivity contribution >= 4 is 5.91 Å². The third kappa shape index (κ3) is 3.59. The summed E-state index contributed by atoms with van der Waals surface area (Å²) in [6, 6.07) is 17.3. The normalized spacial score (nSPS) is 11.9. The van der Waals surface area contributed by atoms with Gasteiger partial charge in [0.2, 0.25) is 5.91 Å². The minimum atomic E-state index is -0.498. The van der Waals surface area contributed by atoms with Gasteiger partial charge in [0, 0.05) is 23.9 Å². The number of benzene rings is 2. The van der Waals surface area contributed by atoms with E-state index in [1.54, 1.807) is 18.5 Å². The summed E-state index contributed by atoms with van der Waals surface area (Å²) >= 11 is 0. The van der Waals surface area contributed by atoms with Gasteiger partial charge in [-0.25, -0.2) is 0 Å². The van der Waals surface area contributed by atoms with Crippen molar-refractivity contribution in [3.8, 4) is 11.1 Å². The van der Waals surface area contributed by atoms with Gasteiger partial charge in [0.25, 0.3) is 0 Å². The first kappa shape index (κ1) is 16.9. The van der Waals surface area contributed by atoms with Crippen LogP contribution < -0.4 is 5.73 Å². The monoisotopic (exact) mass is 332 g/mol. The van der Waals surface area contributed by atoms with Crippen molar-refractivity contribution in [3.05, 3.63) is 89.2 Å². The predicted octanol–water partition coefficient (Wildman–Crippen LogP) is 3.28. The molecule has 1 atom stereocenters. The summed E-state index contributed by atoms with van der Waals surface area (Å²) in [6.07, 6.45) is 3.45. The molecule has 4 nitrogen and oxygen atoms in total. The molecular formula is C21H20N2O2. The van der Waals surface area contributed by atoms with Crippen LogP contribution in [0.1, 0.15) is 33.0 Å². The Balaban J connectivity index is 2.13. The molecule has 0 saturated carbocycles. The molecule has 0 bridgehead atoms. The molecule has 1 amide bonds. The zero-order valence-electron chi connectivity index (χ0n) is 14.0. The molecule has 0 spiro atoms. The number of pyridine rings is 1. The number of hydrogen-bond donors (Lipinski definition) is 2. The first-order valence-electron chi connectivity index (χ1n) is 8.11. The van der Waals surface area contributed by atoms with Gasteiger partial charge in [0.05, 0.1) is 6.61 Å². The number of nitrogens with zero attached hydrogens (tertiary/aromatic N) is 1. The molecule has 0 aliphatic rings. The van der Waals surface area contributed by atoms with Crippen molar-refractivity contribution in [1.29, 1.82) is 0 Å². The smallest absolute Gasteiger partial charge is 0.249 e. The summed E-state index contributed by atoms with van der Waals surface area (Å²) in [5, 5.41) is 10.0. The van der Waals surface area contributed by atoms with Gasteiger partial charge in [0.1, 0.15) is 0 Å². The highest BCUT2D eigenvalue weighted by molar-refractivity contribution is 5.95. The van der Waals surface area contributed by atoms with E-state index in [0.29, 0.717) is 5.56 Å². The lowest BCUT2D eigenvalue weighted by Gasteiger charge is -2.19. The number of aliphatic hydroxyl groups is 1. The van der Waals surface area contributed by atoms with E-state index in [2.05, 4.69) is 4.98 Å². The Bertz CT molecular complexity index is 874. The number of primary amides is 1. The zero-order chi connectivity index (χ0) is 17.8. The number of amides is 1. The van der Waals surface area contributed by atoms with Crippen LogP contribution in [-0.2, 0) is 0 Å². The topological polar surface area (TPSA) is 76.2 Å². The van der Waals surface area contributed by atoms with Crippen LogP contribution in [0.2, 0.25) is 0 Å². The minimum absolute atomic E-state index is 0.108. The highest BCUT2D eigenvalue weighted by Gasteiger charge is 2.20. The summed E-state index contributed by atoms with van der Waals surface area (Å²) in [5.74, 6) is -0.813. The molecule has 4 heteroatoms. The van der Waals surface area contributed by atoms with Crippen LogP contribution >= 0.6 is 0 Å². The number of carbonyl (C=O) groups is 1. The van der Waals surface area contributed by atoms with Gasteiger partial charge in [-0.05, 0) is 53.4 Å². The molecule has 3 aromatic rings. The van der Waals surface area contributed by atoms with Crippen LogP contribution in [-0.4, -0.2) is 22.6 Å². The number of aryl methyl sites for hydroxylation is 1. The Morgan fingerprint density at radius 1 is 1.04 bits per heavy atom. The van der Waals surface area contributed by atoms with E-state index in [0.717, 1.165) is 27.8 Å². The van der Waals surface area contributed by atoms with Crippen molar-refractivity contribution in [2.24, 2.45) is 5.73 Å². The molecule has 126 valence electrons. The van der Waals surface area contributed by atoms with Crippen LogP contribution in [0.4, 0.5) is 0 Å². The lowest BCUT2D eigenvalue weighted by molar-refractivity contribution is 0.0999. The van der Waals surface area contributed by atoms with E-state index in [9.17, 15) is 9.90 Å². The van der Waals surface area contributed by atoms with Crippen LogP contribution in [0.15, 0.2) is 67.0 Å². The highest BCUT2D eigenvalue weighted by Crippen LogP contribution is 2.31. The van der Waals surface area contributed by atoms with Crippen molar-refractivity contribution in [2.75, 3.05) is 6.61 Å². The van der Waals surface area contributed by atoms with Crippen molar-refractivity contribution < 1.29 is 9.90 Å². The summed E-state index contributed by atoms with van der Waals surface area (Å²) in [7, 11) is 0. The summed E-state index contributed by atoms with van der Waals surface area (Å²) < 4.78 is 0. The molecule has 1 unspecified atom stereocenters. The van der Waals surface area contributed by atoms with E-state index in [-0.39, 0.29) is 12.5 Å². The zero-order valence-corrected chi connectivity index (χ0v) is 14.0. The molecule has 0 aliphatic heterocycles. The van der Waals surface area contributed by atoms with Crippen molar-refractivity contribution in [2.45, 2.75) is 12.8 Å². The maximum atomic E-state index is 11.9. The molecule has 2 aromatic carbocycles. The quantitative estimate of drug-likeness (QED) is 0.753. The Morgan fingerprint density at radius 2 is 1.72 bits per heavy atom. The fourth-order valence-corrected chi connectivity index (χ4v) is 2.98. The number of aromatic nitrogens is 1. The van der Waals surface area contributed by atoms with Crippen LogP contribution in [0.3, 0.4) is 0 Å². The number of carbonyl (C=O) groups excluding carboxylic acids is 1. The molecule has 3 rings (SSSR count). The second-order valence-corrected chi connectivity index (χ2v) is 6.05. The van der Waals surface area contributed by atoms with E-state index in [1.807, 2.05) is 55.5 Å². The number of rotatable bonds is 5. The average molecular weight is 332 g/mol. The first-order valence-corrected chi connectivity index (χ1v) is 8.11. The molecule has 0 fully saturated rings. The van der Waals surface area contributed by atoms with Gasteiger partial charge < -0.3 is 10.8 Å². The van der Waals surface area contributed by atoms with Gasteiger partial charge in [-0.1, -0.05) is 35.9 Å². The van der Waals surface area contributed by atoms with Gasteiger partial charge >= 0.3 is 0 Å². The highest BCUT2D eigenvalue weighted by atomic mass is 16.3. The second-order valence-electron chi connectivity index (χ2n) is 6.05. The Kier molecular flexibility index (Phi) is 4.91. The predicted molar refractivity (Wildman–Crippen MR) is 98.3 cm³/mol. The minimum Gasteiger partial charge on any atom is -0.395 e. The third-order valence-corrected chi connectivity index (χ3v) is 4.37. The average Bonchev–Trinajstić information content (AvgIpc) is 2.64. The first-order chi connectivity index (χ1) is 12.1. The Labute approximate surface area is 147 Å². The second kappa shape index (κ2) is 7.28. The van der Waals surface area contributed by atoms with E-state index >= 15 is 0 Å². The molecule has 25 heavy (non-hydrogen) atoms. The lowest BCUT2D eigenvalue weighted by Crippen LogP contribution is -2.17. The maximum Gasteiger partial charge on any atom is 0.249 e. The molecule has 0 aliphatic carbocycles. The van der Waals surface area contributed by atoms with Crippen LogP contribution in [0, 0.1) is 6.92 Å². The SMILES string of the molecule is Cc1ccc(C(CO)c2cc(-c3ccncc3)ccc2C(N)=O)cc1. The summed E-state index contributed by atoms with van der Waals surface area (Å²) in [6.45, 7) is 1.90. The largest absolute Gasteiger partial charge is 0.395 e. The third-order valence-electron chi connectivity index (χ3n) is 4.37. The number of nitrogens with two attached hydrogens (primary N) is 1. The van der Waals surface area contributed by atoms with Crippen LogP contribution in [0.5, 0.6) is 0 Å². The Hall–Kier alpha value is -2.98. The van der Waals surface area contributed by atoms with E-state index in [1.165, 1.54) is 0 Å². The molecule has 1 aromatic heterocycles. The number of hydrogen-bond acceptors (Lipinski definition) is 3. The van der Waals surface area contributed by atoms with Crippen LogP contribution in [0.25, 0.3) is 11.1 Å². The summed E-state index contributed by atoms with van der Waals surface area (Å²) in [4.78, 5) is 15.9. The van der Waals surface area contributed by atoms with Gasteiger partial charge in [-0.2, -0.15) is 0 Å². The molecule has 0 saturated heterocycles. The molecule has 0 radical (unpaired) electrons. The van der Waals surface area contributed by atoms with Gasteiger partial charge in [-0.3, -0.25) is 9.78 Å². The maximum absolute atomic E-state index is 11.9. The fraction of sp³-hybridized carbons (Fsp3) is 0.143. The standard InChI is InChI=1S/C21H20N2O2/c1-14-2-4-16(5-3-14)20(13-24)19-12-17(6-7-18(19)21(22)25)15-8-10-23-11-9-15/h2-12,20,24H,13H2,1H3,(H2,22,25). The van der Waals surface area contributed by atoms with E-state index in [4.69, 9.17) is 5.73 Å². The number of aliphatic hydroxyl groups excluding tert-OH is 1. The molecule has 3 N–H and O–H groups in total. The lowest BCUT2D eigenvalue weighted by atomic mass is 9.86.